The first-order chi connectivity index (χ1) is 8.86. The van der Waals surface area contributed by atoms with Crippen molar-refractivity contribution in [3.05, 3.63) is 48.0 Å². The van der Waals surface area contributed by atoms with E-state index in [4.69, 9.17) is 0 Å². The van der Waals surface area contributed by atoms with Crippen molar-refractivity contribution in [3.8, 4) is 0 Å². The molecule has 2 aromatic rings. The Hall–Kier alpha value is -1.68. The Morgan fingerprint density at radius 2 is 1.94 bits per heavy atom. The van der Waals surface area contributed by atoms with Gasteiger partial charge in [-0.15, -0.1) is 10.2 Å². The standard InChI is InChI=1S/C14H20N4/c1-18-12-16-17-14(18)9-11-15-10-5-8-13-6-3-2-4-7-13/h2-4,6-7,12,15H,5,8-11H2,1H3. The van der Waals surface area contributed by atoms with Crippen LogP contribution in [0.3, 0.4) is 0 Å². The summed E-state index contributed by atoms with van der Waals surface area (Å²) in [6.07, 6.45) is 4.98. The van der Waals surface area contributed by atoms with Crippen molar-refractivity contribution in [1.82, 2.24) is 20.1 Å². The molecular formula is C14H20N4. The fourth-order valence-corrected chi connectivity index (χ4v) is 1.92. The van der Waals surface area contributed by atoms with Crippen LogP contribution in [0.4, 0.5) is 0 Å². The van der Waals surface area contributed by atoms with Gasteiger partial charge in [0, 0.05) is 20.0 Å². The predicted molar refractivity (Wildman–Crippen MR) is 72.3 cm³/mol. The molecular weight excluding hydrogens is 224 g/mol. The van der Waals surface area contributed by atoms with E-state index in [1.54, 1.807) is 6.33 Å². The summed E-state index contributed by atoms with van der Waals surface area (Å²) in [6.45, 7) is 2.01. The first-order valence-electron chi connectivity index (χ1n) is 6.44. The summed E-state index contributed by atoms with van der Waals surface area (Å²) in [7, 11) is 1.98. The molecule has 0 aliphatic carbocycles. The molecule has 1 aromatic carbocycles. The number of rotatable bonds is 7. The van der Waals surface area contributed by atoms with Crippen LogP contribution in [0.5, 0.6) is 0 Å². The van der Waals surface area contributed by atoms with Crippen LogP contribution in [0.2, 0.25) is 0 Å². The van der Waals surface area contributed by atoms with Crippen LogP contribution in [0, 0.1) is 0 Å². The van der Waals surface area contributed by atoms with E-state index in [0.717, 1.165) is 31.8 Å². The third kappa shape index (κ3) is 3.96. The molecule has 18 heavy (non-hydrogen) atoms. The van der Waals surface area contributed by atoms with E-state index in [-0.39, 0.29) is 0 Å². The molecule has 4 nitrogen and oxygen atoms in total. The molecule has 0 bridgehead atoms. The van der Waals surface area contributed by atoms with Gasteiger partial charge in [-0.1, -0.05) is 30.3 Å². The second-order valence-electron chi connectivity index (χ2n) is 4.45. The van der Waals surface area contributed by atoms with Crippen molar-refractivity contribution < 1.29 is 0 Å². The Labute approximate surface area is 108 Å². The molecule has 0 unspecified atom stereocenters. The lowest BCUT2D eigenvalue weighted by molar-refractivity contribution is 0.627. The monoisotopic (exact) mass is 244 g/mol. The minimum atomic E-state index is 0.932. The highest BCUT2D eigenvalue weighted by Gasteiger charge is 1.99. The van der Waals surface area contributed by atoms with Gasteiger partial charge in [0.2, 0.25) is 0 Å². The van der Waals surface area contributed by atoms with Gasteiger partial charge in [0.05, 0.1) is 0 Å². The second kappa shape index (κ2) is 6.91. The van der Waals surface area contributed by atoms with Gasteiger partial charge in [-0.25, -0.2) is 0 Å². The first kappa shape index (κ1) is 12.8. The van der Waals surface area contributed by atoms with Crippen molar-refractivity contribution in [3.63, 3.8) is 0 Å². The molecule has 2 rings (SSSR count). The molecule has 0 aliphatic heterocycles. The van der Waals surface area contributed by atoms with E-state index in [9.17, 15) is 0 Å². The molecule has 0 spiro atoms. The summed E-state index contributed by atoms with van der Waals surface area (Å²) >= 11 is 0. The molecule has 0 radical (unpaired) electrons. The lowest BCUT2D eigenvalue weighted by atomic mass is 10.1. The minimum Gasteiger partial charge on any atom is -0.321 e. The van der Waals surface area contributed by atoms with Crippen molar-refractivity contribution in [2.75, 3.05) is 13.1 Å². The first-order valence-corrected chi connectivity index (χ1v) is 6.44. The Morgan fingerprint density at radius 1 is 1.11 bits per heavy atom. The molecule has 0 aliphatic rings. The Morgan fingerprint density at radius 3 is 2.67 bits per heavy atom. The maximum absolute atomic E-state index is 4.05. The molecule has 0 saturated carbocycles. The van der Waals surface area contributed by atoms with Crippen LogP contribution < -0.4 is 5.32 Å². The van der Waals surface area contributed by atoms with Gasteiger partial charge < -0.3 is 9.88 Å². The van der Waals surface area contributed by atoms with Crippen molar-refractivity contribution in [2.45, 2.75) is 19.3 Å². The smallest absolute Gasteiger partial charge is 0.133 e. The summed E-state index contributed by atoms with van der Waals surface area (Å²) in [4.78, 5) is 0. The normalized spacial score (nSPS) is 10.7. The largest absolute Gasteiger partial charge is 0.321 e. The van der Waals surface area contributed by atoms with E-state index >= 15 is 0 Å². The average molecular weight is 244 g/mol. The number of hydrogen-bond acceptors (Lipinski definition) is 3. The van der Waals surface area contributed by atoms with E-state index in [1.807, 2.05) is 11.6 Å². The topological polar surface area (TPSA) is 42.7 Å². The number of aryl methyl sites for hydroxylation is 2. The maximum Gasteiger partial charge on any atom is 0.133 e. The molecule has 0 atom stereocenters. The number of nitrogens with one attached hydrogen (secondary N) is 1. The van der Waals surface area contributed by atoms with Crippen LogP contribution in [-0.4, -0.2) is 27.9 Å². The van der Waals surface area contributed by atoms with E-state index in [1.165, 1.54) is 12.0 Å². The van der Waals surface area contributed by atoms with Gasteiger partial charge in [-0.3, -0.25) is 0 Å². The maximum atomic E-state index is 4.05. The Bertz CT molecular complexity index is 450. The van der Waals surface area contributed by atoms with E-state index < -0.39 is 0 Å². The Kier molecular flexibility index (Phi) is 4.90. The molecule has 0 amide bonds. The van der Waals surface area contributed by atoms with Crippen molar-refractivity contribution in [2.24, 2.45) is 7.05 Å². The van der Waals surface area contributed by atoms with Crippen LogP contribution >= 0.6 is 0 Å². The Balaban J connectivity index is 1.56. The third-order valence-electron chi connectivity index (χ3n) is 2.99. The van der Waals surface area contributed by atoms with Gasteiger partial charge in [0.1, 0.15) is 12.2 Å². The molecule has 0 fully saturated rings. The SMILES string of the molecule is Cn1cnnc1CCNCCCc1ccccc1. The van der Waals surface area contributed by atoms with Gasteiger partial charge in [0.15, 0.2) is 0 Å². The van der Waals surface area contributed by atoms with Crippen LogP contribution in [0.15, 0.2) is 36.7 Å². The molecule has 1 heterocycles. The number of nitrogens with zero attached hydrogens (tertiary/aromatic N) is 3. The lowest BCUT2D eigenvalue weighted by Gasteiger charge is -2.04. The molecule has 1 N–H and O–H groups in total. The number of benzene rings is 1. The number of aromatic nitrogens is 3. The average Bonchev–Trinajstić information content (AvgIpc) is 2.81. The lowest BCUT2D eigenvalue weighted by Crippen LogP contribution is -2.20. The third-order valence-corrected chi connectivity index (χ3v) is 2.99. The summed E-state index contributed by atoms with van der Waals surface area (Å²) in [6, 6.07) is 10.6. The highest BCUT2D eigenvalue weighted by Crippen LogP contribution is 2.01. The second-order valence-corrected chi connectivity index (χ2v) is 4.45. The van der Waals surface area contributed by atoms with Crippen molar-refractivity contribution >= 4 is 0 Å². The van der Waals surface area contributed by atoms with Gasteiger partial charge >= 0.3 is 0 Å². The summed E-state index contributed by atoms with van der Waals surface area (Å²) < 4.78 is 1.96. The fourth-order valence-electron chi connectivity index (χ4n) is 1.92. The summed E-state index contributed by atoms with van der Waals surface area (Å²) in [5.74, 6) is 1.03. The van der Waals surface area contributed by atoms with Crippen LogP contribution in [0.1, 0.15) is 17.8 Å². The van der Waals surface area contributed by atoms with E-state index in [0.29, 0.717) is 0 Å². The van der Waals surface area contributed by atoms with Crippen molar-refractivity contribution in [1.29, 1.82) is 0 Å². The number of hydrogen-bond donors (Lipinski definition) is 1. The van der Waals surface area contributed by atoms with Gasteiger partial charge in [-0.05, 0) is 24.9 Å². The van der Waals surface area contributed by atoms with Gasteiger partial charge in [-0.2, -0.15) is 0 Å². The summed E-state index contributed by atoms with van der Waals surface area (Å²) in [5, 5.41) is 11.4. The zero-order valence-electron chi connectivity index (χ0n) is 10.8. The highest BCUT2D eigenvalue weighted by molar-refractivity contribution is 5.14. The highest BCUT2D eigenvalue weighted by atomic mass is 15.2. The predicted octanol–water partition coefficient (Wildman–Crippen LogP) is 1.58. The quantitative estimate of drug-likeness (QED) is 0.752. The minimum absolute atomic E-state index is 0.932. The molecule has 1 aromatic heterocycles. The molecule has 96 valence electrons. The summed E-state index contributed by atoms with van der Waals surface area (Å²) in [5.41, 5.74) is 1.41. The molecule has 4 heteroatoms. The van der Waals surface area contributed by atoms with Crippen LogP contribution in [0.25, 0.3) is 0 Å². The van der Waals surface area contributed by atoms with E-state index in [2.05, 4.69) is 45.8 Å². The zero-order valence-corrected chi connectivity index (χ0v) is 10.8. The van der Waals surface area contributed by atoms with Gasteiger partial charge in [0.25, 0.3) is 0 Å². The zero-order chi connectivity index (χ0) is 12.6. The van der Waals surface area contributed by atoms with Crippen LogP contribution in [-0.2, 0) is 19.9 Å². The molecule has 0 saturated heterocycles. The fraction of sp³-hybridized carbons (Fsp3) is 0.429.